The summed E-state index contributed by atoms with van der Waals surface area (Å²) in [4.78, 5) is 14.0. The number of amides is 2. The Hall–Kier alpha value is -1.31. The largest absolute Gasteiger partial charge is 0.333 e. The van der Waals surface area contributed by atoms with Crippen molar-refractivity contribution < 1.29 is 13.2 Å². The molecule has 24 heavy (non-hydrogen) atoms. The number of nitrogens with zero attached hydrogens (tertiary/aromatic N) is 2. The highest BCUT2D eigenvalue weighted by Gasteiger charge is 2.30. The zero-order valence-electron chi connectivity index (χ0n) is 14.3. The van der Waals surface area contributed by atoms with Crippen LogP contribution in [0.15, 0.2) is 29.2 Å². The summed E-state index contributed by atoms with van der Waals surface area (Å²) in [6.45, 7) is 7.24. The molecule has 1 heterocycles. The molecular weight excluding hydrogens is 350 g/mol. The number of urea groups is 1. The van der Waals surface area contributed by atoms with Gasteiger partial charge in [-0.25, -0.2) is 13.2 Å². The van der Waals surface area contributed by atoms with E-state index in [1.54, 1.807) is 23.1 Å². The van der Waals surface area contributed by atoms with Crippen LogP contribution < -0.4 is 5.32 Å². The number of sulfonamides is 1. The number of hydrogen-bond donors (Lipinski definition) is 1. The topological polar surface area (TPSA) is 69.7 Å². The lowest BCUT2D eigenvalue weighted by Gasteiger charge is -2.27. The third kappa shape index (κ3) is 4.62. The maximum absolute atomic E-state index is 12.8. The number of carbonyl (C=O) groups excluding carboxylic acids is 1. The van der Waals surface area contributed by atoms with E-state index in [4.69, 9.17) is 11.6 Å². The average Bonchev–Trinajstić information content (AvgIpc) is 2.72. The summed E-state index contributed by atoms with van der Waals surface area (Å²) in [6.07, 6.45) is 0.585. The minimum Gasteiger partial charge on any atom is -0.333 e. The Kier molecular flexibility index (Phi) is 5.78. The fraction of sp³-hybridized carbons (Fsp3) is 0.562. The van der Waals surface area contributed by atoms with Crippen LogP contribution in [0.4, 0.5) is 4.79 Å². The first-order valence-electron chi connectivity index (χ1n) is 7.93. The molecule has 1 saturated heterocycles. The number of nitrogens with one attached hydrogen (secondary N) is 1. The van der Waals surface area contributed by atoms with Gasteiger partial charge in [0.25, 0.3) is 0 Å². The van der Waals surface area contributed by atoms with Crippen molar-refractivity contribution in [2.75, 3.05) is 26.2 Å². The SMILES string of the molecule is CC(C)(C)NC(=O)N1CCCN(S(=O)(=O)c2ccccc2Cl)CC1. The summed E-state index contributed by atoms with van der Waals surface area (Å²) in [5.74, 6) is 0. The first kappa shape index (κ1) is 19.0. The van der Waals surface area contributed by atoms with Crippen LogP contribution in [0.3, 0.4) is 0 Å². The lowest BCUT2D eigenvalue weighted by molar-refractivity contribution is 0.191. The van der Waals surface area contributed by atoms with E-state index < -0.39 is 10.0 Å². The molecule has 2 rings (SSSR count). The van der Waals surface area contributed by atoms with E-state index in [1.165, 1.54) is 10.4 Å². The molecule has 6 nitrogen and oxygen atoms in total. The highest BCUT2D eigenvalue weighted by atomic mass is 35.5. The number of benzene rings is 1. The molecule has 0 atom stereocenters. The van der Waals surface area contributed by atoms with E-state index in [1.807, 2.05) is 20.8 Å². The monoisotopic (exact) mass is 373 g/mol. The van der Waals surface area contributed by atoms with Gasteiger partial charge in [-0.05, 0) is 39.3 Å². The van der Waals surface area contributed by atoms with Gasteiger partial charge >= 0.3 is 6.03 Å². The van der Waals surface area contributed by atoms with Crippen molar-refractivity contribution in [3.63, 3.8) is 0 Å². The van der Waals surface area contributed by atoms with Crippen molar-refractivity contribution in [2.45, 2.75) is 37.6 Å². The standard InChI is InChI=1S/C16H24ClN3O3S/c1-16(2,3)18-15(21)19-9-6-10-20(12-11-19)24(22,23)14-8-5-4-7-13(14)17/h4-5,7-8H,6,9-12H2,1-3H3,(H,18,21). The Labute approximate surface area is 148 Å². The van der Waals surface area contributed by atoms with Crippen molar-refractivity contribution in [3.05, 3.63) is 29.3 Å². The van der Waals surface area contributed by atoms with Gasteiger partial charge in [-0.1, -0.05) is 23.7 Å². The summed E-state index contributed by atoms with van der Waals surface area (Å²) in [6, 6.07) is 6.25. The van der Waals surface area contributed by atoms with Gasteiger partial charge in [-0.15, -0.1) is 0 Å². The van der Waals surface area contributed by atoms with Crippen LogP contribution >= 0.6 is 11.6 Å². The molecule has 0 spiro atoms. The van der Waals surface area contributed by atoms with Gasteiger partial charge in [0.2, 0.25) is 10.0 Å². The lowest BCUT2D eigenvalue weighted by atomic mass is 10.1. The van der Waals surface area contributed by atoms with E-state index >= 15 is 0 Å². The third-order valence-corrected chi connectivity index (χ3v) is 6.08. The second-order valence-electron chi connectivity index (χ2n) is 6.86. The van der Waals surface area contributed by atoms with E-state index in [9.17, 15) is 13.2 Å². The number of rotatable bonds is 2. The van der Waals surface area contributed by atoms with Crippen molar-refractivity contribution in [1.29, 1.82) is 0 Å². The lowest BCUT2D eigenvalue weighted by Crippen LogP contribution is -2.49. The molecule has 0 bridgehead atoms. The van der Waals surface area contributed by atoms with E-state index in [2.05, 4.69) is 5.32 Å². The minimum absolute atomic E-state index is 0.110. The van der Waals surface area contributed by atoms with Crippen molar-refractivity contribution in [2.24, 2.45) is 0 Å². The van der Waals surface area contributed by atoms with Crippen LogP contribution in [0, 0.1) is 0 Å². The van der Waals surface area contributed by atoms with Crippen LogP contribution in [0.1, 0.15) is 27.2 Å². The predicted octanol–water partition coefficient (Wildman–Crippen LogP) is 2.54. The molecule has 0 aromatic heterocycles. The van der Waals surface area contributed by atoms with Crippen LogP contribution in [0.2, 0.25) is 5.02 Å². The summed E-state index contributed by atoms with van der Waals surface area (Å²) in [7, 11) is -3.66. The molecule has 1 aromatic carbocycles. The average molecular weight is 374 g/mol. The smallest absolute Gasteiger partial charge is 0.317 e. The molecule has 0 saturated carbocycles. The second-order valence-corrected chi connectivity index (χ2v) is 9.17. The van der Waals surface area contributed by atoms with Crippen molar-refractivity contribution >= 4 is 27.7 Å². The van der Waals surface area contributed by atoms with Gasteiger partial charge < -0.3 is 10.2 Å². The Balaban J connectivity index is 2.11. The van der Waals surface area contributed by atoms with Crippen LogP contribution in [0.25, 0.3) is 0 Å². The first-order chi connectivity index (χ1) is 11.1. The summed E-state index contributed by atoms with van der Waals surface area (Å²) < 4.78 is 27.0. The molecule has 0 unspecified atom stereocenters. The molecular formula is C16H24ClN3O3S. The van der Waals surface area contributed by atoms with Gasteiger partial charge in [0.1, 0.15) is 4.90 Å². The van der Waals surface area contributed by atoms with E-state index in [0.29, 0.717) is 26.1 Å². The zero-order valence-corrected chi connectivity index (χ0v) is 15.8. The Bertz CT molecular complexity index is 701. The van der Waals surface area contributed by atoms with Crippen LogP contribution in [-0.2, 0) is 10.0 Å². The molecule has 2 amide bonds. The fourth-order valence-corrected chi connectivity index (χ4v) is 4.49. The van der Waals surface area contributed by atoms with Crippen LogP contribution in [0.5, 0.6) is 0 Å². The molecule has 8 heteroatoms. The Morgan fingerprint density at radius 3 is 2.42 bits per heavy atom. The summed E-state index contributed by atoms with van der Waals surface area (Å²) in [5.41, 5.74) is -0.327. The van der Waals surface area contributed by atoms with Crippen molar-refractivity contribution in [3.8, 4) is 0 Å². The number of carbonyl (C=O) groups is 1. The van der Waals surface area contributed by atoms with Gasteiger partial charge in [0.05, 0.1) is 5.02 Å². The molecule has 1 N–H and O–H groups in total. The summed E-state index contributed by atoms with van der Waals surface area (Å²) >= 11 is 6.04. The second kappa shape index (κ2) is 7.29. The maximum Gasteiger partial charge on any atom is 0.317 e. The predicted molar refractivity (Wildman–Crippen MR) is 94.7 cm³/mol. The molecule has 134 valence electrons. The van der Waals surface area contributed by atoms with Gasteiger partial charge in [-0.3, -0.25) is 0 Å². The van der Waals surface area contributed by atoms with Crippen molar-refractivity contribution in [1.82, 2.24) is 14.5 Å². The molecule has 0 aliphatic carbocycles. The number of halogens is 1. The fourth-order valence-electron chi connectivity index (χ4n) is 2.53. The number of hydrogen-bond acceptors (Lipinski definition) is 3. The normalized spacial score (nSPS) is 17.4. The highest BCUT2D eigenvalue weighted by molar-refractivity contribution is 7.89. The van der Waals surface area contributed by atoms with Gasteiger partial charge in [0.15, 0.2) is 0 Å². The molecule has 1 aliphatic heterocycles. The molecule has 1 aromatic rings. The third-order valence-electron chi connectivity index (χ3n) is 3.68. The van der Waals surface area contributed by atoms with Gasteiger partial charge in [0, 0.05) is 31.7 Å². The molecule has 1 fully saturated rings. The first-order valence-corrected chi connectivity index (χ1v) is 9.75. The Morgan fingerprint density at radius 2 is 1.79 bits per heavy atom. The van der Waals surface area contributed by atoms with Gasteiger partial charge in [-0.2, -0.15) is 4.31 Å². The van der Waals surface area contributed by atoms with E-state index in [-0.39, 0.29) is 28.0 Å². The molecule has 1 aliphatic rings. The quantitative estimate of drug-likeness (QED) is 0.866. The Morgan fingerprint density at radius 1 is 1.12 bits per heavy atom. The molecule has 0 radical (unpaired) electrons. The van der Waals surface area contributed by atoms with Crippen LogP contribution in [-0.4, -0.2) is 55.4 Å². The minimum atomic E-state index is -3.66. The summed E-state index contributed by atoms with van der Waals surface area (Å²) in [5, 5.41) is 3.12. The zero-order chi connectivity index (χ0) is 18.0. The maximum atomic E-state index is 12.8. The highest BCUT2D eigenvalue weighted by Crippen LogP contribution is 2.25. The van der Waals surface area contributed by atoms with E-state index in [0.717, 1.165) is 0 Å².